The maximum absolute atomic E-state index is 2.36. The average Bonchev–Trinajstić information content (AvgIpc) is 3.28. The molecule has 0 fully saturated rings. The van der Waals surface area contributed by atoms with E-state index < -0.39 is 0 Å². The molecule has 1 aliphatic rings. The van der Waals surface area contributed by atoms with E-state index in [1.54, 1.807) is 0 Å². The minimum absolute atomic E-state index is 0. The van der Waals surface area contributed by atoms with Crippen LogP contribution in [0.4, 0.5) is 0 Å². The van der Waals surface area contributed by atoms with Gasteiger partial charge in [0, 0.05) is 31.1 Å². The molecule has 0 saturated carbocycles. The van der Waals surface area contributed by atoms with Crippen molar-refractivity contribution >= 4 is 16.3 Å². The van der Waals surface area contributed by atoms with E-state index in [0.29, 0.717) is 0 Å². The van der Waals surface area contributed by atoms with Gasteiger partial charge in [-0.3, -0.25) is 0 Å². The average molecular weight is 551 g/mol. The Hall–Kier alpha value is -1.66. The van der Waals surface area contributed by atoms with Crippen LogP contribution in [0.1, 0.15) is 50.1 Å². The van der Waals surface area contributed by atoms with Crippen molar-refractivity contribution in [2.24, 2.45) is 0 Å². The van der Waals surface area contributed by atoms with Gasteiger partial charge in [-0.2, -0.15) is 0 Å². The summed E-state index contributed by atoms with van der Waals surface area (Å²) < 4.78 is 0. The third kappa shape index (κ3) is 5.37. The van der Waals surface area contributed by atoms with Gasteiger partial charge in [-0.05, 0) is 42.5 Å². The monoisotopic (exact) mass is 548 g/mol. The quantitative estimate of drug-likeness (QED) is 0.339. The summed E-state index contributed by atoms with van der Waals surface area (Å²) >= 11 is 0. The summed E-state index contributed by atoms with van der Waals surface area (Å²) in [5.74, 6) is 0. The smallest absolute Gasteiger partial charge is 1.00 e. The first-order valence-corrected chi connectivity index (χ1v) is 10.9. The summed E-state index contributed by atoms with van der Waals surface area (Å²) in [6.45, 7) is 8.82. The zero-order chi connectivity index (χ0) is 20.8. The summed E-state index contributed by atoms with van der Waals surface area (Å²) in [4.78, 5) is 0. The molecule has 0 aliphatic heterocycles. The van der Waals surface area contributed by atoms with Crippen LogP contribution in [0.3, 0.4) is 0 Å². The van der Waals surface area contributed by atoms with Crippen LogP contribution in [-0.2, 0) is 39.0 Å². The maximum atomic E-state index is 2.36. The molecular weight excluding hydrogens is 522 g/mol. The minimum Gasteiger partial charge on any atom is -1.00 e. The Morgan fingerprint density at radius 2 is 1.36 bits per heavy atom. The van der Waals surface area contributed by atoms with Crippen molar-refractivity contribution in [3.8, 4) is 0 Å². The van der Waals surface area contributed by atoms with E-state index in [2.05, 4.69) is 101 Å². The Kier molecular flexibility index (Phi) is 9.35. The third-order valence-electron chi connectivity index (χ3n) is 6.83. The van der Waals surface area contributed by atoms with Gasteiger partial charge in [0.1, 0.15) is 11.1 Å². The second-order valence-corrected chi connectivity index (χ2v) is 8.89. The first kappa shape index (κ1) is 27.6. The molecule has 0 nitrogen and oxygen atoms in total. The van der Waals surface area contributed by atoms with E-state index in [-0.39, 0.29) is 51.0 Å². The summed E-state index contributed by atoms with van der Waals surface area (Å²) in [5, 5.41) is 2.76. The zero-order valence-electron chi connectivity index (χ0n) is 19.6. The molecule has 1 aliphatic carbocycles. The van der Waals surface area contributed by atoms with Crippen LogP contribution in [0.2, 0.25) is 0 Å². The molecule has 0 bridgehead atoms. The molecule has 0 radical (unpaired) electrons. The van der Waals surface area contributed by atoms with Gasteiger partial charge >= 0.3 is 26.2 Å². The Labute approximate surface area is 229 Å². The molecule has 166 valence electrons. The predicted molar refractivity (Wildman–Crippen MR) is 129 cm³/mol. The largest absolute Gasteiger partial charge is 2.00 e. The molecule has 0 aromatic heterocycles. The fourth-order valence-electron chi connectivity index (χ4n) is 4.69. The van der Waals surface area contributed by atoms with Crippen molar-refractivity contribution in [2.45, 2.75) is 40.5 Å². The van der Waals surface area contributed by atoms with Crippen molar-refractivity contribution in [3.63, 3.8) is 0 Å². The van der Waals surface area contributed by atoms with Crippen LogP contribution in [0, 0.1) is 34.1 Å². The van der Waals surface area contributed by atoms with Gasteiger partial charge in [0.2, 0.25) is 0 Å². The molecule has 33 heavy (non-hydrogen) atoms. The topological polar surface area (TPSA) is 0 Å². The SMILES string of the molecule is Cc1cc2c(cc1C)C(Cc1ccccc1Cc1cc[c-]3cc(C)c(C)cc13)=C[CH+]2.[Cl-].[Cl-].[Zr+2]. The van der Waals surface area contributed by atoms with Gasteiger partial charge in [0.25, 0.3) is 0 Å². The Balaban J connectivity index is 0.00000128. The van der Waals surface area contributed by atoms with Gasteiger partial charge in [-0.25, -0.2) is 0 Å². The Morgan fingerprint density at radius 1 is 0.727 bits per heavy atom. The van der Waals surface area contributed by atoms with E-state index in [1.807, 2.05) is 0 Å². The zero-order valence-corrected chi connectivity index (χ0v) is 23.6. The molecular formula is C30H28Cl2Zr. The predicted octanol–water partition coefficient (Wildman–Crippen LogP) is 1.58. The Bertz CT molecular complexity index is 1310. The molecule has 4 aromatic rings. The summed E-state index contributed by atoms with van der Waals surface area (Å²) in [6.07, 6.45) is 6.55. The number of allylic oxidation sites excluding steroid dienone is 2. The first-order chi connectivity index (χ1) is 14.5. The molecule has 0 amide bonds. The van der Waals surface area contributed by atoms with Gasteiger partial charge in [-0.1, -0.05) is 43.5 Å². The molecule has 0 heterocycles. The number of benzene rings is 3. The van der Waals surface area contributed by atoms with Crippen molar-refractivity contribution in [1.82, 2.24) is 0 Å². The molecule has 0 unspecified atom stereocenters. The van der Waals surface area contributed by atoms with Crippen molar-refractivity contribution in [2.75, 3.05) is 0 Å². The fourth-order valence-corrected chi connectivity index (χ4v) is 4.69. The van der Waals surface area contributed by atoms with Gasteiger partial charge < -0.3 is 24.8 Å². The van der Waals surface area contributed by atoms with E-state index >= 15 is 0 Å². The van der Waals surface area contributed by atoms with Crippen LogP contribution in [0.15, 0.2) is 66.7 Å². The second kappa shape index (κ2) is 11.2. The number of hydrogen-bond acceptors (Lipinski definition) is 0. The van der Waals surface area contributed by atoms with Crippen LogP contribution in [0.25, 0.3) is 16.3 Å². The summed E-state index contributed by atoms with van der Waals surface area (Å²) in [5.41, 5.74) is 14.0. The number of hydrogen-bond donors (Lipinski definition) is 0. The molecule has 0 spiro atoms. The molecule has 3 heteroatoms. The van der Waals surface area contributed by atoms with Crippen LogP contribution < -0.4 is 24.8 Å². The minimum atomic E-state index is 0. The molecule has 4 aromatic carbocycles. The van der Waals surface area contributed by atoms with E-state index in [4.69, 9.17) is 0 Å². The van der Waals surface area contributed by atoms with Crippen molar-refractivity contribution in [3.05, 3.63) is 123 Å². The van der Waals surface area contributed by atoms with E-state index in [9.17, 15) is 0 Å². The van der Waals surface area contributed by atoms with Crippen molar-refractivity contribution in [1.29, 1.82) is 0 Å². The molecule has 5 rings (SSSR count). The molecule has 0 N–H and O–H groups in total. The molecule has 0 atom stereocenters. The summed E-state index contributed by atoms with van der Waals surface area (Å²) in [6, 6.07) is 22.9. The van der Waals surface area contributed by atoms with Gasteiger partial charge in [0.05, 0.1) is 5.57 Å². The Morgan fingerprint density at radius 3 is 2.09 bits per heavy atom. The van der Waals surface area contributed by atoms with Crippen LogP contribution in [0.5, 0.6) is 0 Å². The van der Waals surface area contributed by atoms with Gasteiger partial charge in [-0.15, -0.1) is 46.3 Å². The second-order valence-electron chi connectivity index (χ2n) is 8.89. The number of halogens is 2. The van der Waals surface area contributed by atoms with Crippen molar-refractivity contribution < 1.29 is 51.0 Å². The van der Waals surface area contributed by atoms with Gasteiger partial charge in [0.15, 0.2) is 0 Å². The maximum Gasteiger partial charge on any atom is 2.00 e. The normalized spacial score (nSPS) is 11.6. The third-order valence-corrected chi connectivity index (χ3v) is 6.83. The van der Waals surface area contributed by atoms with Crippen LogP contribution in [-0.4, -0.2) is 0 Å². The number of rotatable bonds is 4. The number of fused-ring (bicyclic) bond motifs is 2. The van der Waals surface area contributed by atoms with Crippen LogP contribution >= 0.6 is 0 Å². The summed E-state index contributed by atoms with van der Waals surface area (Å²) in [7, 11) is 0. The molecule has 0 saturated heterocycles. The van der Waals surface area contributed by atoms with E-state index in [0.717, 1.165) is 12.8 Å². The number of aryl methyl sites for hydroxylation is 4. The van der Waals surface area contributed by atoms with E-state index in [1.165, 1.54) is 66.4 Å². The fraction of sp³-hybridized carbons (Fsp3) is 0.200. The standard InChI is InChI=1S/C30H28.2ClH.Zr/c1-19-13-25-9-11-27(29(25)15-21(19)3)17-23-7-5-6-8-24(23)18-28-12-10-26-14-20(2)22(4)16-30(26)28;;;/h5-16H,17-18H2,1-4H3;2*1H;/q;;;+2/p-2. The first-order valence-electron chi connectivity index (χ1n) is 10.9.